The number of nitro groups is 1. The molecule has 2 aromatic carbocycles. The average molecular weight is 302 g/mol. The van der Waals surface area contributed by atoms with E-state index in [1.165, 1.54) is 6.07 Å². The average Bonchev–Trinajstić information content (AvgIpc) is 2.52. The lowest BCUT2D eigenvalue weighted by molar-refractivity contribution is -0.384. The second-order valence-corrected chi connectivity index (χ2v) is 4.60. The molecule has 0 aliphatic heterocycles. The van der Waals surface area contributed by atoms with E-state index in [0.29, 0.717) is 17.3 Å². The maximum atomic E-state index is 10.9. The first-order valence-electron chi connectivity index (χ1n) is 6.24. The molecule has 0 saturated carbocycles. The molecule has 0 heterocycles. The monoisotopic (exact) mass is 302 g/mol. The van der Waals surface area contributed by atoms with E-state index >= 15 is 0 Å². The summed E-state index contributed by atoms with van der Waals surface area (Å²) in [5, 5.41) is 14.2. The Balaban J connectivity index is 1.86. The lowest BCUT2D eigenvalue weighted by Gasteiger charge is -2.12. The highest BCUT2D eigenvalue weighted by Gasteiger charge is 2.11. The molecule has 0 aromatic heterocycles. The van der Waals surface area contributed by atoms with Crippen molar-refractivity contribution in [1.82, 2.24) is 10.7 Å². The predicted molar refractivity (Wildman–Crippen MR) is 85.7 cm³/mol. The second-order valence-electron chi connectivity index (χ2n) is 4.19. The number of hydrogen-bond acceptors (Lipinski definition) is 4. The van der Waals surface area contributed by atoms with Crippen molar-refractivity contribution in [3.63, 3.8) is 0 Å². The minimum atomic E-state index is -0.454. The molecule has 0 radical (unpaired) electrons. The Labute approximate surface area is 127 Å². The lowest BCUT2D eigenvalue weighted by Crippen LogP contribution is -2.38. The third-order valence-corrected chi connectivity index (χ3v) is 2.95. The molecule has 0 unspecified atom stereocenters. The van der Waals surface area contributed by atoms with Crippen LogP contribution >= 0.6 is 12.2 Å². The van der Waals surface area contributed by atoms with E-state index in [4.69, 9.17) is 12.2 Å². The molecule has 0 atom stereocenters. The SMILES string of the molecule is O=[N+]([O-])c1ccccc1NNC(=S)NCc1ccccc1. The zero-order chi connectivity index (χ0) is 15.1. The van der Waals surface area contributed by atoms with Gasteiger partial charge in [0.25, 0.3) is 5.69 Å². The fourth-order valence-electron chi connectivity index (χ4n) is 1.69. The Morgan fingerprint density at radius 3 is 2.48 bits per heavy atom. The third-order valence-electron chi connectivity index (χ3n) is 2.71. The third kappa shape index (κ3) is 4.43. The lowest BCUT2D eigenvalue weighted by atomic mass is 10.2. The quantitative estimate of drug-likeness (QED) is 0.447. The van der Waals surface area contributed by atoms with E-state index in [0.717, 1.165) is 5.56 Å². The van der Waals surface area contributed by atoms with Crippen LogP contribution in [0.3, 0.4) is 0 Å². The summed E-state index contributed by atoms with van der Waals surface area (Å²) < 4.78 is 0. The molecule has 0 aliphatic carbocycles. The summed E-state index contributed by atoms with van der Waals surface area (Å²) in [6, 6.07) is 16.1. The Bertz CT molecular complexity index is 634. The van der Waals surface area contributed by atoms with Gasteiger partial charge in [0.2, 0.25) is 0 Å². The second kappa shape index (κ2) is 7.20. The fourth-order valence-corrected chi connectivity index (χ4v) is 1.81. The molecule has 0 spiro atoms. The Morgan fingerprint density at radius 2 is 1.76 bits per heavy atom. The van der Waals surface area contributed by atoms with Crippen molar-refractivity contribution in [3.05, 3.63) is 70.3 Å². The molecule has 0 aliphatic rings. The van der Waals surface area contributed by atoms with E-state index in [-0.39, 0.29) is 5.69 Å². The van der Waals surface area contributed by atoms with Crippen molar-refractivity contribution in [3.8, 4) is 0 Å². The van der Waals surface area contributed by atoms with E-state index in [9.17, 15) is 10.1 Å². The molecule has 0 fully saturated rings. The Hall–Kier alpha value is -2.67. The van der Waals surface area contributed by atoms with Crippen LogP contribution in [0.1, 0.15) is 5.56 Å². The number of nitro benzene ring substituents is 1. The van der Waals surface area contributed by atoms with Crippen molar-refractivity contribution in [1.29, 1.82) is 0 Å². The van der Waals surface area contributed by atoms with Crippen LogP contribution in [0.2, 0.25) is 0 Å². The smallest absolute Gasteiger partial charge is 0.294 e. The van der Waals surface area contributed by atoms with E-state index in [1.54, 1.807) is 18.2 Å². The number of hydrogen-bond donors (Lipinski definition) is 3. The first kappa shape index (κ1) is 14.7. The van der Waals surface area contributed by atoms with Crippen LogP contribution in [0.15, 0.2) is 54.6 Å². The number of nitrogens with one attached hydrogen (secondary N) is 3. The van der Waals surface area contributed by atoms with Gasteiger partial charge in [-0.25, -0.2) is 0 Å². The maximum absolute atomic E-state index is 10.9. The largest absolute Gasteiger partial charge is 0.357 e. The Kier molecular flexibility index (Phi) is 5.05. The van der Waals surface area contributed by atoms with E-state index in [2.05, 4.69) is 16.2 Å². The van der Waals surface area contributed by atoms with Gasteiger partial charge >= 0.3 is 0 Å². The van der Waals surface area contributed by atoms with Gasteiger partial charge in [0.15, 0.2) is 5.11 Å². The number of anilines is 1. The molecule has 0 saturated heterocycles. The molecule has 0 amide bonds. The van der Waals surface area contributed by atoms with Crippen molar-refractivity contribution in [2.75, 3.05) is 5.43 Å². The van der Waals surface area contributed by atoms with Gasteiger partial charge in [0.1, 0.15) is 5.69 Å². The van der Waals surface area contributed by atoms with Gasteiger partial charge in [-0.2, -0.15) is 0 Å². The number of rotatable bonds is 5. The maximum Gasteiger partial charge on any atom is 0.294 e. The summed E-state index contributed by atoms with van der Waals surface area (Å²) in [5.41, 5.74) is 6.89. The van der Waals surface area contributed by atoms with E-state index in [1.807, 2.05) is 30.3 Å². The summed E-state index contributed by atoms with van der Waals surface area (Å²) in [6.45, 7) is 0.575. The Morgan fingerprint density at radius 1 is 1.10 bits per heavy atom. The van der Waals surface area contributed by atoms with Crippen LogP contribution in [0.5, 0.6) is 0 Å². The van der Waals surface area contributed by atoms with Crippen molar-refractivity contribution >= 4 is 28.7 Å². The highest BCUT2D eigenvalue weighted by atomic mass is 32.1. The van der Waals surface area contributed by atoms with Crippen LogP contribution in [0, 0.1) is 10.1 Å². The molecule has 2 rings (SSSR count). The fraction of sp³-hybridized carbons (Fsp3) is 0.0714. The number of hydrazine groups is 1. The number of benzene rings is 2. The highest BCUT2D eigenvalue weighted by Crippen LogP contribution is 2.21. The minimum absolute atomic E-state index is 0.0177. The van der Waals surface area contributed by atoms with Gasteiger partial charge in [-0.3, -0.25) is 21.0 Å². The zero-order valence-corrected chi connectivity index (χ0v) is 11.9. The van der Waals surface area contributed by atoms with Crippen molar-refractivity contribution < 1.29 is 4.92 Å². The van der Waals surface area contributed by atoms with Crippen LogP contribution < -0.4 is 16.2 Å². The molecule has 6 nitrogen and oxygen atoms in total. The molecule has 2 aromatic rings. The molecular formula is C14H14N4O2S. The first-order chi connectivity index (χ1) is 10.2. The number of para-hydroxylation sites is 2. The minimum Gasteiger partial charge on any atom is -0.357 e. The van der Waals surface area contributed by atoms with Gasteiger partial charge in [-0.05, 0) is 23.8 Å². The van der Waals surface area contributed by atoms with Gasteiger partial charge < -0.3 is 5.32 Å². The van der Waals surface area contributed by atoms with Crippen molar-refractivity contribution in [2.45, 2.75) is 6.54 Å². The predicted octanol–water partition coefficient (Wildman–Crippen LogP) is 2.59. The summed E-state index contributed by atoms with van der Waals surface area (Å²) >= 11 is 5.11. The summed E-state index contributed by atoms with van der Waals surface area (Å²) in [7, 11) is 0. The summed E-state index contributed by atoms with van der Waals surface area (Å²) in [5.74, 6) is 0. The molecular weight excluding hydrogens is 288 g/mol. The number of nitrogens with zero attached hydrogens (tertiary/aromatic N) is 1. The molecule has 21 heavy (non-hydrogen) atoms. The van der Waals surface area contributed by atoms with Crippen LogP contribution in [-0.2, 0) is 6.54 Å². The van der Waals surface area contributed by atoms with Gasteiger partial charge in [0, 0.05) is 12.6 Å². The van der Waals surface area contributed by atoms with Crippen LogP contribution in [-0.4, -0.2) is 10.0 Å². The molecule has 3 N–H and O–H groups in total. The van der Waals surface area contributed by atoms with E-state index < -0.39 is 4.92 Å². The van der Waals surface area contributed by atoms with Gasteiger partial charge in [-0.15, -0.1) is 0 Å². The molecule has 108 valence electrons. The molecule has 7 heteroatoms. The first-order valence-corrected chi connectivity index (χ1v) is 6.65. The van der Waals surface area contributed by atoms with Crippen molar-refractivity contribution in [2.24, 2.45) is 0 Å². The zero-order valence-electron chi connectivity index (χ0n) is 11.1. The van der Waals surface area contributed by atoms with Crippen LogP contribution in [0.25, 0.3) is 0 Å². The summed E-state index contributed by atoms with van der Waals surface area (Å²) in [6.07, 6.45) is 0. The van der Waals surface area contributed by atoms with Crippen LogP contribution in [0.4, 0.5) is 11.4 Å². The summed E-state index contributed by atoms with van der Waals surface area (Å²) in [4.78, 5) is 10.4. The standard InChI is InChI=1S/C14H14N4O2S/c19-18(20)13-9-5-4-8-12(13)16-17-14(21)15-10-11-6-2-1-3-7-11/h1-9,16H,10H2,(H2,15,17,21). The van der Waals surface area contributed by atoms with Gasteiger partial charge in [-0.1, -0.05) is 42.5 Å². The van der Waals surface area contributed by atoms with Gasteiger partial charge in [0.05, 0.1) is 4.92 Å². The normalized spacial score (nSPS) is 9.71. The molecule has 0 bridgehead atoms. The highest BCUT2D eigenvalue weighted by molar-refractivity contribution is 7.80. The topological polar surface area (TPSA) is 79.2 Å². The number of thiocarbonyl (C=S) groups is 1.